The van der Waals surface area contributed by atoms with Gasteiger partial charge in [0.2, 0.25) is 5.88 Å². The molecule has 1 aliphatic heterocycles. The third kappa shape index (κ3) is 4.32. The van der Waals surface area contributed by atoms with Crippen LogP contribution in [0.1, 0.15) is 40.4 Å². The summed E-state index contributed by atoms with van der Waals surface area (Å²) in [5.41, 5.74) is 2.51. The first-order valence-corrected chi connectivity index (χ1v) is 8.90. The quantitative estimate of drug-likeness (QED) is 0.833. The predicted molar refractivity (Wildman–Crippen MR) is 99.8 cm³/mol. The van der Waals surface area contributed by atoms with Gasteiger partial charge in [-0.05, 0) is 44.1 Å². The molecule has 0 saturated carbocycles. The average Bonchev–Trinajstić information content (AvgIpc) is 2.72. The van der Waals surface area contributed by atoms with Gasteiger partial charge in [0.15, 0.2) is 0 Å². The Balaban J connectivity index is 1.69. The summed E-state index contributed by atoms with van der Waals surface area (Å²) < 4.78 is 11.3. The summed E-state index contributed by atoms with van der Waals surface area (Å²) in [5.74, 6) is 1.58. The number of methoxy groups -OCH3 is 1. The molecule has 2 aromatic rings. The number of ether oxygens (including phenoxy) is 2. The molecular weight excluding hydrogens is 330 g/mol. The monoisotopic (exact) mass is 355 g/mol. The van der Waals surface area contributed by atoms with Crippen molar-refractivity contribution in [3.05, 3.63) is 53.2 Å². The van der Waals surface area contributed by atoms with Gasteiger partial charge >= 0.3 is 0 Å². The number of carbonyl (C=O) groups excluding carboxylic acids is 1. The normalized spacial score (nSPS) is 14.7. The fourth-order valence-electron chi connectivity index (χ4n) is 3.16. The number of hydrogen-bond donors (Lipinski definition) is 2. The maximum absolute atomic E-state index is 11.7. The number of benzene rings is 1. The van der Waals surface area contributed by atoms with Crippen LogP contribution >= 0.6 is 0 Å². The van der Waals surface area contributed by atoms with Crippen molar-refractivity contribution >= 4 is 5.91 Å². The first-order valence-electron chi connectivity index (χ1n) is 8.90. The van der Waals surface area contributed by atoms with Gasteiger partial charge in [0.05, 0.1) is 7.11 Å². The number of nitrogens with one attached hydrogen (secondary N) is 2. The standard InChI is InChI=1S/C20H25N3O3/c1-21-20(24)15-6-7-16(18(12-15)25-2)13-26-19-5-3-4-17(23-19)14-8-10-22-11-9-14/h3-7,12,14,22H,8-11,13H2,1-2H3,(H,21,24). The minimum absolute atomic E-state index is 0.146. The van der Waals surface area contributed by atoms with Crippen molar-refractivity contribution in [2.24, 2.45) is 0 Å². The summed E-state index contributed by atoms with van der Waals surface area (Å²) in [6.07, 6.45) is 2.20. The van der Waals surface area contributed by atoms with E-state index in [0.717, 1.165) is 37.2 Å². The number of rotatable bonds is 6. The molecule has 1 aromatic heterocycles. The largest absolute Gasteiger partial charge is 0.496 e. The van der Waals surface area contributed by atoms with E-state index in [1.165, 1.54) is 0 Å². The van der Waals surface area contributed by atoms with Crippen LogP contribution in [-0.2, 0) is 6.61 Å². The third-order valence-electron chi connectivity index (χ3n) is 4.65. The lowest BCUT2D eigenvalue weighted by Gasteiger charge is -2.22. The molecule has 0 unspecified atom stereocenters. The van der Waals surface area contributed by atoms with Crippen molar-refractivity contribution < 1.29 is 14.3 Å². The molecule has 0 spiro atoms. The summed E-state index contributed by atoms with van der Waals surface area (Å²) in [7, 11) is 3.19. The highest BCUT2D eigenvalue weighted by Gasteiger charge is 2.17. The average molecular weight is 355 g/mol. The minimum Gasteiger partial charge on any atom is -0.496 e. The predicted octanol–water partition coefficient (Wildman–Crippen LogP) is 2.50. The van der Waals surface area contributed by atoms with Crippen molar-refractivity contribution in [1.29, 1.82) is 0 Å². The zero-order chi connectivity index (χ0) is 18.4. The minimum atomic E-state index is -0.146. The van der Waals surface area contributed by atoms with E-state index in [1.807, 2.05) is 18.2 Å². The fraction of sp³-hybridized carbons (Fsp3) is 0.400. The van der Waals surface area contributed by atoms with Gasteiger partial charge < -0.3 is 20.1 Å². The molecule has 26 heavy (non-hydrogen) atoms. The van der Waals surface area contributed by atoms with Crippen LogP contribution in [0.5, 0.6) is 11.6 Å². The van der Waals surface area contributed by atoms with E-state index >= 15 is 0 Å². The summed E-state index contributed by atoms with van der Waals surface area (Å²) in [4.78, 5) is 16.4. The van der Waals surface area contributed by atoms with Crippen LogP contribution in [0.15, 0.2) is 36.4 Å². The highest BCUT2D eigenvalue weighted by Crippen LogP contribution is 2.26. The molecule has 1 aromatic carbocycles. The van der Waals surface area contributed by atoms with Gasteiger partial charge in [-0.3, -0.25) is 4.79 Å². The van der Waals surface area contributed by atoms with E-state index in [9.17, 15) is 4.79 Å². The third-order valence-corrected chi connectivity index (χ3v) is 4.65. The van der Waals surface area contributed by atoms with Crippen molar-refractivity contribution in [2.45, 2.75) is 25.4 Å². The van der Waals surface area contributed by atoms with Crippen molar-refractivity contribution in [3.63, 3.8) is 0 Å². The lowest BCUT2D eigenvalue weighted by Crippen LogP contribution is -2.27. The van der Waals surface area contributed by atoms with E-state index in [1.54, 1.807) is 26.3 Å². The Kier molecular flexibility index (Phi) is 6.07. The van der Waals surface area contributed by atoms with Gasteiger partial charge in [-0.25, -0.2) is 4.98 Å². The van der Waals surface area contributed by atoms with E-state index in [2.05, 4.69) is 21.7 Å². The van der Waals surface area contributed by atoms with Gasteiger partial charge in [0.1, 0.15) is 12.4 Å². The highest BCUT2D eigenvalue weighted by molar-refractivity contribution is 5.94. The Labute approximate surface area is 153 Å². The molecule has 0 atom stereocenters. The molecule has 1 fully saturated rings. The number of carbonyl (C=O) groups is 1. The van der Waals surface area contributed by atoms with Crippen LogP contribution < -0.4 is 20.1 Å². The number of amides is 1. The first-order chi connectivity index (χ1) is 12.7. The molecular formula is C20H25N3O3. The lowest BCUT2D eigenvalue weighted by molar-refractivity contribution is 0.0962. The second-order valence-electron chi connectivity index (χ2n) is 6.32. The molecule has 0 bridgehead atoms. The first kappa shape index (κ1) is 18.2. The maximum Gasteiger partial charge on any atom is 0.251 e. The zero-order valence-electron chi connectivity index (χ0n) is 15.2. The van der Waals surface area contributed by atoms with E-state index < -0.39 is 0 Å². The second kappa shape index (κ2) is 8.67. The summed E-state index contributed by atoms with van der Waals surface area (Å²) in [6.45, 7) is 2.40. The maximum atomic E-state index is 11.7. The number of hydrogen-bond acceptors (Lipinski definition) is 5. The number of nitrogens with zero attached hydrogens (tertiary/aromatic N) is 1. The Hall–Kier alpha value is -2.60. The molecule has 1 saturated heterocycles. The summed E-state index contributed by atoms with van der Waals surface area (Å²) in [5, 5.41) is 5.98. The molecule has 2 heterocycles. The Morgan fingerprint density at radius 3 is 2.81 bits per heavy atom. The molecule has 2 N–H and O–H groups in total. The molecule has 0 aliphatic carbocycles. The fourth-order valence-corrected chi connectivity index (χ4v) is 3.16. The molecule has 3 rings (SSSR count). The van der Waals surface area contributed by atoms with E-state index in [0.29, 0.717) is 29.7 Å². The summed E-state index contributed by atoms with van der Waals surface area (Å²) >= 11 is 0. The molecule has 1 aliphatic rings. The van der Waals surface area contributed by atoms with Gasteiger partial charge in [0, 0.05) is 35.9 Å². The second-order valence-corrected chi connectivity index (χ2v) is 6.32. The van der Waals surface area contributed by atoms with Crippen LogP contribution in [0, 0.1) is 0 Å². The molecule has 1 amide bonds. The van der Waals surface area contributed by atoms with Gasteiger partial charge in [-0.15, -0.1) is 0 Å². The molecule has 0 radical (unpaired) electrons. The van der Waals surface area contributed by atoms with Gasteiger partial charge in [0.25, 0.3) is 5.91 Å². The Morgan fingerprint density at radius 1 is 1.27 bits per heavy atom. The smallest absolute Gasteiger partial charge is 0.251 e. The van der Waals surface area contributed by atoms with Crippen LogP contribution in [-0.4, -0.2) is 38.1 Å². The SMILES string of the molecule is CNC(=O)c1ccc(COc2cccc(C3CCNCC3)n2)c(OC)c1. The van der Waals surface area contributed by atoms with Crippen molar-refractivity contribution in [1.82, 2.24) is 15.6 Å². The van der Waals surface area contributed by atoms with Crippen LogP contribution in [0.2, 0.25) is 0 Å². The number of piperidine rings is 1. The van der Waals surface area contributed by atoms with Gasteiger partial charge in [-0.2, -0.15) is 0 Å². The van der Waals surface area contributed by atoms with Crippen molar-refractivity contribution in [3.8, 4) is 11.6 Å². The van der Waals surface area contributed by atoms with E-state index in [4.69, 9.17) is 9.47 Å². The molecule has 6 heteroatoms. The Bertz CT molecular complexity index is 758. The number of aromatic nitrogens is 1. The van der Waals surface area contributed by atoms with Crippen molar-refractivity contribution in [2.75, 3.05) is 27.2 Å². The number of pyridine rings is 1. The van der Waals surface area contributed by atoms with Gasteiger partial charge in [-0.1, -0.05) is 12.1 Å². The topological polar surface area (TPSA) is 72.5 Å². The van der Waals surface area contributed by atoms with Crippen LogP contribution in [0.4, 0.5) is 0 Å². The highest BCUT2D eigenvalue weighted by atomic mass is 16.5. The Morgan fingerprint density at radius 2 is 2.08 bits per heavy atom. The van der Waals surface area contributed by atoms with Crippen LogP contribution in [0.25, 0.3) is 0 Å². The molecule has 6 nitrogen and oxygen atoms in total. The zero-order valence-corrected chi connectivity index (χ0v) is 15.2. The molecule has 138 valence electrons. The van der Waals surface area contributed by atoms with Crippen LogP contribution in [0.3, 0.4) is 0 Å². The van der Waals surface area contributed by atoms with E-state index in [-0.39, 0.29) is 5.91 Å². The summed E-state index contributed by atoms with van der Waals surface area (Å²) in [6, 6.07) is 11.3. The lowest BCUT2D eigenvalue weighted by atomic mass is 9.94.